The molecule has 6 nitrogen and oxygen atoms in total. The molecule has 0 radical (unpaired) electrons. The Morgan fingerprint density at radius 2 is 0.460 bits per heavy atom. The predicted octanol–water partition coefficient (Wildman–Crippen LogP) is 11.3. The average Bonchev–Trinajstić information content (AvgIpc) is 3.91. The summed E-state index contributed by atoms with van der Waals surface area (Å²) in [6.45, 7) is 9.34. The molecule has 0 unspecified atom stereocenters. The first-order chi connectivity index (χ1) is 23.7. The Bertz CT molecular complexity index is 1820. The van der Waals surface area contributed by atoms with Crippen LogP contribution in [0.4, 0.5) is 0 Å². The Morgan fingerprint density at radius 1 is 0.320 bits per heavy atom. The van der Waals surface area contributed by atoms with E-state index < -0.39 is 0 Å². The Hall–Kier alpha value is -3.78. The van der Waals surface area contributed by atoms with Gasteiger partial charge in [0.25, 0.3) is 0 Å². The lowest BCUT2D eigenvalue weighted by Crippen LogP contribution is -2.00. The monoisotopic (exact) mass is 776 g/mol. The van der Waals surface area contributed by atoms with Crippen molar-refractivity contribution in [2.45, 2.75) is 53.4 Å². The molecular formula is C38H32O6S6. The molecule has 6 aromatic rings. The smallest absolute Gasteiger partial charge is 0.169 e. The highest BCUT2D eigenvalue weighted by Crippen LogP contribution is 2.40. The third-order valence-corrected chi connectivity index (χ3v) is 14.1. The van der Waals surface area contributed by atoms with E-state index in [1.165, 1.54) is 68.0 Å². The van der Waals surface area contributed by atoms with E-state index in [2.05, 4.69) is 0 Å². The van der Waals surface area contributed by atoms with E-state index in [9.17, 15) is 28.8 Å². The van der Waals surface area contributed by atoms with Crippen molar-refractivity contribution in [1.29, 1.82) is 0 Å². The van der Waals surface area contributed by atoms with Gasteiger partial charge >= 0.3 is 0 Å². The lowest BCUT2D eigenvalue weighted by molar-refractivity contribution is 0.101. The van der Waals surface area contributed by atoms with Crippen LogP contribution in [0.1, 0.15) is 145 Å². The van der Waals surface area contributed by atoms with Crippen LogP contribution in [0.15, 0.2) is 68.7 Å². The van der Waals surface area contributed by atoms with Crippen molar-refractivity contribution in [1.82, 2.24) is 0 Å². The molecule has 0 aliphatic carbocycles. The van der Waals surface area contributed by atoms with Crippen molar-refractivity contribution in [3.05, 3.63) is 131 Å². The molecule has 6 aromatic heterocycles. The van der Waals surface area contributed by atoms with Crippen LogP contribution in [0.25, 0.3) is 0 Å². The highest BCUT2D eigenvalue weighted by Gasteiger charge is 2.24. The minimum atomic E-state index is -0.0851. The number of rotatable bonds is 12. The molecule has 0 N–H and O–H groups in total. The Morgan fingerprint density at radius 3 is 0.560 bits per heavy atom. The van der Waals surface area contributed by atoms with Crippen molar-refractivity contribution >= 4 is 103 Å². The summed E-state index contributed by atoms with van der Waals surface area (Å²) < 4.78 is 0. The quantitative estimate of drug-likeness (QED) is 0.115. The highest BCUT2D eigenvalue weighted by molar-refractivity contribution is 7.14. The maximum atomic E-state index is 11.7. The number of Topliss-reactive ketones (excluding diaryl/α,β-unsaturated/α-hetero) is 6. The van der Waals surface area contributed by atoms with Gasteiger partial charge in [0, 0.05) is 11.8 Å². The number of ketones is 6. The molecule has 0 amide bonds. The second-order valence-electron chi connectivity index (χ2n) is 11.7. The number of carbonyl (C=O) groups excluding carboxylic acids is 6. The first kappa shape index (κ1) is 37.5. The second kappa shape index (κ2) is 16.1. The van der Waals surface area contributed by atoms with Gasteiger partial charge in [0.1, 0.15) is 0 Å². The predicted molar refractivity (Wildman–Crippen MR) is 208 cm³/mol. The highest BCUT2D eigenvalue weighted by atomic mass is 32.1. The molecule has 0 aromatic carbocycles. The van der Waals surface area contributed by atoms with E-state index in [4.69, 9.17) is 0 Å². The minimum absolute atomic E-state index is 0.0412. The zero-order valence-electron chi connectivity index (χ0n) is 28.0. The van der Waals surface area contributed by atoms with Crippen molar-refractivity contribution in [3.8, 4) is 0 Å². The van der Waals surface area contributed by atoms with E-state index in [0.717, 1.165) is 33.4 Å². The van der Waals surface area contributed by atoms with E-state index in [1.54, 1.807) is 41.5 Å². The molecule has 256 valence electrons. The SMILES string of the molecule is CC(=O)c1cc(C(c2csc(C(C)=O)c2)c2csc(C(C)=O)c2)cs1.CC(=O)c1cc(C(c2csc(C(C)=O)c2)c2csc(C(C)=O)c2)cs1. The second-order valence-corrected chi connectivity index (χ2v) is 17.1. The standard InChI is InChI=1S/2C19H16O3S3/c2*1-10(20)16-4-13(7-23-16)19(14-5-17(11(2)21)24-8-14)15-6-18(12(3)22)25-9-15/h2*4-9,19H,1-3H3. The molecule has 12 heteroatoms. The van der Waals surface area contributed by atoms with Gasteiger partial charge in [-0.15, -0.1) is 68.0 Å². The van der Waals surface area contributed by atoms with Crippen LogP contribution in [-0.4, -0.2) is 34.7 Å². The van der Waals surface area contributed by atoms with Gasteiger partial charge < -0.3 is 0 Å². The van der Waals surface area contributed by atoms with Crippen LogP contribution in [-0.2, 0) is 0 Å². The fourth-order valence-corrected chi connectivity index (χ4v) is 10.3. The zero-order valence-corrected chi connectivity index (χ0v) is 32.9. The van der Waals surface area contributed by atoms with Crippen LogP contribution < -0.4 is 0 Å². The van der Waals surface area contributed by atoms with E-state index >= 15 is 0 Å². The van der Waals surface area contributed by atoms with E-state index in [-0.39, 0.29) is 46.5 Å². The van der Waals surface area contributed by atoms with Gasteiger partial charge in [0.2, 0.25) is 0 Å². The number of hydrogen-bond donors (Lipinski definition) is 0. The summed E-state index contributed by atoms with van der Waals surface area (Å²) in [5, 5.41) is 11.9. The van der Waals surface area contributed by atoms with Crippen LogP contribution in [0.2, 0.25) is 0 Å². The summed E-state index contributed by atoms with van der Waals surface area (Å²) >= 11 is 8.55. The first-order valence-electron chi connectivity index (χ1n) is 15.3. The van der Waals surface area contributed by atoms with Crippen molar-refractivity contribution in [2.75, 3.05) is 0 Å². The molecule has 0 saturated heterocycles. The van der Waals surface area contributed by atoms with Crippen molar-refractivity contribution < 1.29 is 28.8 Å². The maximum Gasteiger partial charge on any atom is 0.169 e. The van der Waals surface area contributed by atoms with Gasteiger partial charge in [-0.2, -0.15) is 0 Å². The minimum Gasteiger partial charge on any atom is -0.294 e. The maximum absolute atomic E-state index is 11.7. The van der Waals surface area contributed by atoms with Gasteiger partial charge in [-0.25, -0.2) is 0 Å². The Balaban J connectivity index is 0.000000194. The van der Waals surface area contributed by atoms with Gasteiger partial charge in [-0.05, 0) is 144 Å². The molecule has 50 heavy (non-hydrogen) atoms. The van der Waals surface area contributed by atoms with Crippen LogP contribution >= 0.6 is 68.0 Å². The summed E-state index contributed by atoms with van der Waals surface area (Å²) in [5.41, 5.74) is 6.06. The number of carbonyl (C=O) groups is 6. The number of hydrogen-bond acceptors (Lipinski definition) is 12. The fraction of sp³-hybridized carbons (Fsp3) is 0.211. The topological polar surface area (TPSA) is 102 Å². The summed E-state index contributed by atoms with van der Waals surface area (Å²) in [6, 6.07) is 11.5. The van der Waals surface area contributed by atoms with Crippen LogP contribution in [0.3, 0.4) is 0 Å². The third kappa shape index (κ3) is 8.56. The molecule has 0 aliphatic heterocycles. The molecule has 0 bridgehead atoms. The van der Waals surface area contributed by atoms with Crippen molar-refractivity contribution in [3.63, 3.8) is 0 Å². The van der Waals surface area contributed by atoms with Crippen LogP contribution in [0.5, 0.6) is 0 Å². The normalized spacial score (nSPS) is 11.0. The van der Waals surface area contributed by atoms with Gasteiger partial charge in [-0.1, -0.05) is 0 Å². The van der Waals surface area contributed by atoms with Gasteiger partial charge in [-0.3, -0.25) is 28.8 Å². The first-order valence-corrected chi connectivity index (χ1v) is 20.6. The summed E-state index contributed by atoms with van der Waals surface area (Å²) in [5.74, 6) is 0.0769. The molecule has 0 atom stereocenters. The lowest BCUT2D eigenvalue weighted by Gasteiger charge is -2.13. The molecular weight excluding hydrogens is 745 g/mol. The summed E-state index contributed by atoms with van der Waals surface area (Å²) in [7, 11) is 0. The fourth-order valence-electron chi connectivity index (χ4n) is 5.28. The summed E-state index contributed by atoms with van der Waals surface area (Å²) in [4.78, 5) is 74.3. The summed E-state index contributed by atoms with van der Waals surface area (Å²) in [6.07, 6.45) is 0. The van der Waals surface area contributed by atoms with Crippen molar-refractivity contribution in [2.24, 2.45) is 0 Å². The molecule has 6 rings (SSSR count). The largest absolute Gasteiger partial charge is 0.294 e. The number of thiophene rings is 6. The lowest BCUT2D eigenvalue weighted by atomic mass is 9.89. The Kier molecular flexibility index (Phi) is 12.0. The average molecular weight is 777 g/mol. The molecule has 0 aliphatic rings. The van der Waals surface area contributed by atoms with Crippen LogP contribution in [0, 0.1) is 0 Å². The zero-order chi connectivity index (χ0) is 36.3. The van der Waals surface area contributed by atoms with E-state index in [0.29, 0.717) is 29.3 Å². The molecule has 6 heterocycles. The molecule has 0 spiro atoms. The molecule has 0 saturated carbocycles. The van der Waals surface area contributed by atoms with Gasteiger partial charge in [0.15, 0.2) is 34.7 Å². The third-order valence-electron chi connectivity index (χ3n) is 7.80. The molecule has 0 fully saturated rings. The Labute approximate surface area is 314 Å². The van der Waals surface area contributed by atoms with E-state index in [1.807, 2.05) is 68.7 Å². The van der Waals surface area contributed by atoms with Gasteiger partial charge in [0.05, 0.1) is 29.3 Å².